The fourth-order valence-electron chi connectivity index (χ4n) is 1.10. The molecule has 0 spiro atoms. The number of amides is 1. The summed E-state index contributed by atoms with van der Waals surface area (Å²) in [4.78, 5) is 13.3. The lowest BCUT2D eigenvalue weighted by molar-refractivity contribution is -0.116. The molecular weight excluding hydrogens is 234 g/mol. The van der Waals surface area contributed by atoms with Gasteiger partial charge in [0.15, 0.2) is 0 Å². The van der Waals surface area contributed by atoms with Gasteiger partial charge >= 0.3 is 0 Å². The van der Waals surface area contributed by atoms with E-state index in [4.69, 9.17) is 4.74 Å². The van der Waals surface area contributed by atoms with Crippen LogP contribution < -0.4 is 5.32 Å². The van der Waals surface area contributed by atoms with Gasteiger partial charge in [0.25, 0.3) is 5.91 Å². The number of thioether (sulfide) groups is 1. The molecule has 0 fully saturated rings. The number of hydrogen-bond acceptors (Lipinski definition) is 3. The van der Waals surface area contributed by atoms with Crippen LogP contribution in [0, 0.1) is 0 Å². The van der Waals surface area contributed by atoms with Gasteiger partial charge < -0.3 is 10.1 Å². The summed E-state index contributed by atoms with van der Waals surface area (Å²) in [5, 5.41) is 2.71. The molecule has 0 aliphatic rings. The second-order valence-corrected chi connectivity index (χ2v) is 4.25. The molecule has 0 heterocycles. The third-order valence-electron chi connectivity index (χ3n) is 1.83. The van der Waals surface area contributed by atoms with Gasteiger partial charge in [-0.05, 0) is 12.1 Å². The van der Waals surface area contributed by atoms with Gasteiger partial charge in [0.2, 0.25) is 0 Å². The second kappa shape index (κ2) is 7.57. The zero-order valence-electron chi connectivity index (χ0n) is 9.68. The molecule has 1 amide bonds. The Hall–Kier alpha value is -1.68. The quantitative estimate of drug-likeness (QED) is 0.364. The van der Waals surface area contributed by atoms with E-state index in [2.05, 4.69) is 11.9 Å². The highest BCUT2D eigenvalue weighted by molar-refractivity contribution is 8.04. The third-order valence-corrected chi connectivity index (χ3v) is 2.84. The first-order valence-electron chi connectivity index (χ1n) is 5.13. The molecular formula is C13H15NO2S. The molecule has 1 aromatic carbocycles. The van der Waals surface area contributed by atoms with Crippen LogP contribution >= 0.6 is 11.8 Å². The summed E-state index contributed by atoms with van der Waals surface area (Å²) in [5.74, 6) is -0.166. The molecule has 17 heavy (non-hydrogen) atoms. The smallest absolute Gasteiger partial charge is 0.261 e. The van der Waals surface area contributed by atoms with Crippen molar-refractivity contribution in [2.24, 2.45) is 0 Å². The molecule has 90 valence electrons. The second-order valence-electron chi connectivity index (χ2n) is 3.13. The fraction of sp³-hybridized carbons (Fsp3) is 0.154. The van der Waals surface area contributed by atoms with Gasteiger partial charge in [-0.25, -0.2) is 0 Å². The monoisotopic (exact) mass is 249 g/mol. The van der Waals surface area contributed by atoms with Crippen molar-refractivity contribution in [3.05, 3.63) is 54.2 Å². The van der Waals surface area contributed by atoms with E-state index in [1.54, 1.807) is 6.08 Å². The maximum absolute atomic E-state index is 11.8. The molecule has 4 heteroatoms. The molecule has 0 radical (unpaired) electrons. The Morgan fingerprint density at radius 3 is 2.76 bits per heavy atom. The van der Waals surface area contributed by atoms with Crippen LogP contribution in [-0.2, 0) is 9.53 Å². The van der Waals surface area contributed by atoms with E-state index < -0.39 is 0 Å². The van der Waals surface area contributed by atoms with Gasteiger partial charge in [-0.3, -0.25) is 4.79 Å². The van der Waals surface area contributed by atoms with E-state index in [1.807, 2.05) is 30.3 Å². The lowest BCUT2D eigenvalue weighted by atomic mass is 10.4. The largest absolute Gasteiger partial charge is 0.503 e. The summed E-state index contributed by atoms with van der Waals surface area (Å²) in [6, 6.07) is 9.66. The number of benzene rings is 1. The SMILES string of the molecule is C=CCNC(=O)/C(=C/OC)Sc1ccccc1. The predicted octanol–water partition coefficient (Wildman–Crippen LogP) is 2.57. The summed E-state index contributed by atoms with van der Waals surface area (Å²) in [6.45, 7) is 3.99. The minimum Gasteiger partial charge on any atom is -0.503 e. The van der Waals surface area contributed by atoms with Gasteiger partial charge in [0, 0.05) is 11.4 Å². The summed E-state index contributed by atoms with van der Waals surface area (Å²) < 4.78 is 4.91. The first-order valence-corrected chi connectivity index (χ1v) is 5.94. The Kier molecular flexibility index (Phi) is 5.96. The van der Waals surface area contributed by atoms with E-state index in [0.717, 1.165) is 4.90 Å². The van der Waals surface area contributed by atoms with Crippen LogP contribution in [0.15, 0.2) is 59.0 Å². The zero-order valence-corrected chi connectivity index (χ0v) is 10.5. The van der Waals surface area contributed by atoms with Crippen molar-refractivity contribution in [2.45, 2.75) is 4.90 Å². The molecule has 0 atom stereocenters. The number of carbonyl (C=O) groups excluding carboxylic acids is 1. The van der Waals surface area contributed by atoms with Crippen molar-refractivity contribution in [1.82, 2.24) is 5.32 Å². The number of methoxy groups -OCH3 is 1. The number of carbonyl (C=O) groups is 1. The Bertz CT molecular complexity index is 401. The van der Waals surface area contributed by atoms with Crippen molar-refractivity contribution in [3.63, 3.8) is 0 Å². The van der Waals surface area contributed by atoms with Gasteiger partial charge in [-0.15, -0.1) is 6.58 Å². The number of nitrogens with one attached hydrogen (secondary N) is 1. The Balaban J connectivity index is 2.70. The zero-order chi connectivity index (χ0) is 12.5. The molecule has 0 bridgehead atoms. The molecule has 0 saturated carbocycles. The molecule has 0 aromatic heterocycles. The standard InChI is InChI=1S/C13H15NO2S/c1-3-9-14-13(15)12(10-16-2)17-11-7-5-4-6-8-11/h3-8,10H,1,9H2,2H3,(H,14,15)/b12-10-. The van der Waals surface area contributed by atoms with Crippen molar-refractivity contribution in [2.75, 3.05) is 13.7 Å². The maximum atomic E-state index is 11.8. The average molecular weight is 249 g/mol. The summed E-state index contributed by atoms with van der Waals surface area (Å²) in [7, 11) is 1.52. The number of ether oxygens (including phenoxy) is 1. The summed E-state index contributed by atoms with van der Waals surface area (Å²) >= 11 is 1.36. The molecule has 0 aliphatic carbocycles. The molecule has 0 aliphatic heterocycles. The normalized spacial score (nSPS) is 10.8. The van der Waals surface area contributed by atoms with E-state index in [-0.39, 0.29) is 5.91 Å². The van der Waals surface area contributed by atoms with Crippen LogP contribution in [-0.4, -0.2) is 19.6 Å². The van der Waals surface area contributed by atoms with Crippen molar-refractivity contribution >= 4 is 17.7 Å². The predicted molar refractivity (Wildman–Crippen MR) is 70.6 cm³/mol. The maximum Gasteiger partial charge on any atom is 0.261 e. The minimum absolute atomic E-state index is 0.166. The highest BCUT2D eigenvalue weighted by Gasteiger charge is 2.10. The van der Waals surface area contributed by atoms with E-state index in [9.17, 15) is 4.79 Å². The molecule has 1 aromatic rings. The van der Waals surface area contributed by atoms with Crippen LogP contribution in [0.4, 0.5) is 0 Å². The van der Waals surface area contributed by atoms with E-state index in [1.165, 1.54) is 25.1 Å². The van der Waals surface area contributed by atoms with Crippen LogP contribution in [0.25, 0.3) is 0 Å². The first-order chi connectivity index (χ1) is 8.27. The average Bonchev–Trinajstić information content (AvgIpc) is 2.36. The Morgan fingerprint density at radius 2 is 2.18 bits per heavy atom. The van der Waals surface area contributed by atoms with Crippen molar-refractivity contribution in [3.8, 4) is 0 Å². The topological polar surface area (TPSA) is 38.3 Å². The molecule has 1 rings (SSSR count). The Morgan fingerprint density at radius 1 is 1.47 bits per heavy atom. The summed E-state index contributed by atoms with van der Waals surface area (Å²) in [5.41, 5.74) is 0. The number of hydrogen-bond donors (Lipinski definition) is 1. The lowest BCUT2D eigenvalue weighted by Gasteiger charge is -2.06. The highest BCUT2D eigenvalue weighted by Crippen LogP contribution is 2.26. The van der Waals surface area contributed by atoms with Crippen LogP contribution in [0.5, 0.6) is 0 Å². The van der Waals surface area contributed by atoms with Gasteiger partial charge in [0.1, 0.15) is 11.2 Å². The van der Waals surface area contributed by atoms with Crippen LogP contribution in [0.3, 0.4) is 0 Å². The molecule has 3 nitrogen and oxygen atoms in total. The van der Waals surface area contributed by atoms with Crippen LogP contribution in [0.2, 0.25) is 0 Å². The molecule has 0 saturated heterocycles. The molecule has 0 unspecified atom stereocenters. The van der Waals surface area contributed by atoms with E-state index in [0.29, 0.717) is 11.4 Å². The third kappa shape index (κ3) is 4.78. The first kappa shape index (κ1) is 13.4. The van der Waals surface area contributed by atoms with Gasteiger partial charge in [-0.1, -0.05) is 36.0 Å². The highest BCUT2D eigenvalue weighted by atomic mass is 32.2. The minimum atomic E-state index is -0.166. The Labute approximate surface area is 106 Å². The van der Waals surface area contributed by atoms with Gasteiger partial charge in [-0.2, -0.15) is 0 Å². The lowest BCUT2D eigenvalue weighted by Crippen LogP contribution is -2.23. The van der Waals surface area contributed by atoms with Crippen molar-refractivity contribution < 1.29 is 9.53 Å². The van der Waals surface area contributed by atoms with Crippen LogP contribution in [0.1, 0.15) is 0 Å². The molecule has 1 N–H and O–H groups in total. The summed E-state index contributed by atoms with van der Waals surface area (Å²) in [6.07, 6.45) is 3.07. The number of rotatable bonds is 6. The van der Waals surface area contributed by atoms with Crippen molar-refractivity contribution in [1.29, 1.82) is 0 Å². The van der Waals surface area contributed by atoms with E-state index >= 15 is 0 Å². The van der Waals surface area contributed by atoms with Gasteiger partial charge in [0.05, 0.1) is 7.11 Å². The fourth-order valence-corrected chi connectivity index (χ4v) is 1.95.